The Bertz CT molecular complexity index is 1540. The van der Waals surface area contributed by atoms with Gasteiger partial charge in [-0.25, -0.2) is 0 Å². The van der Waals surface area contributed by atoms with E-state index >= 15 is 0 Å². The van der Waals surface area contributed by atoms with Crippen LogP contribution in [-0.4, -0.2) is 74.0 Å². The Hall–Kier alpha value is -2.56. The van der Waals surface area contributed by atoms with Gasteiger partial charge in [-0.2, -0.15) is 0 Å². The number of halogens is 2. The lowest BCUT2D eigenvalue weighted by molar-refractivity contribution is -0.129. The number of hydrogen-bond acceptors (Lipinski definition) is 6. The highest BCUT2D eigenvalue weighted by atomic mass is 127. The lowest BCUT2D eigenvalue weighted by atomic mass is 10.0. The molecule has 12 heteroatoms. The Balaban J connectivity index is 1.71. The van der Waals surface area contributed by atoms with Crippen LogP contribution in [0.1, 0.15) is 136 Å². The van der Waals surface area contributed by atoms with E-state index in [1.165, 1.54) is 18.3 Å². The van der Waals surface area contributed by atoms with Gasteiger partial charge >= 0.3 is 0 Å². The second kappa shape index (κ2) is 32.2. The number of carbonyl (C=O) groups excluding carboxylic acids is 4. The average molecular weight is 1050 g/mol. The summed E-state index contributed by atoms with van der Waals surface area (Å²) in [5.74, 6) is 0.189. The molecule has 6 N–H and O–H groups in total. The fourth-order valence-electron chi connectivity index (χ4n) is 6.80. The number of allylic oxidation sites excluding steroid dienone is 1. The first-order valence-electron chi connectivity index (χ1n) is 22.5. The van der Waals surface area contributed by atoms with E-state index in [1.807, 2.05) is 0 Å². The van der Waals surface area contributed by atoms with E-state index in [-0.39, 0.29) is 29.7 Å². The SMILES string of the molecule is C=C(CCCNC(=O)[C@H](CCCNC(C)C)NC(=O)CCCc1ccc(I)cc1)CCC(C)NCCC[C@@H](NC(=O)CCCc1ccc(I)cc1)C(=O)NCCCC(C)C. The molecule has 0 saturated carbocycles. The molecule has 0 heterocycles. The van der Waals surface area contributed by atoms with Gasteiger partial charge < -0.3 is 31.9 Å². The van der Waals surface area contributed by atoms with E-state index in [0.29, 0.717) is 50.7 Å². The van der Waals surface area contributed by atoms with Crippen LogP contribution in [0.25, 0.3) is 0 Å². The molecule has 4 amide bonds. The summed E-state index contributed by atoms with van der Waals surface area (Å²) < 4.78 is 2.38. The van der Waals surface area contributed by atoms with Crippen LogP contribution in [0, 0.1) is 13.1 Å². The number of rotatable bonds is 33. The van der Waals surface area contributed by atoms with Crippen LogP contribution in [0.3, 0.4) is 0 Å². The molecule has 2 aromatic carbocycles. The predicted molar refractivity (Wildman–Crippen MR) is 265 cm³/mol. The van der Waals surface area contributed by atoms with Gasteiger partial charge in [0.1, 0.15) is 12.1 Å². The monoisotopic (exact) mass is 1050 g/mol. The van der Waals surface area contributed by atoms with E-state index in [0.717, 1.165) is 95.7 Å². The Morgan fingerprint density at radius 3 is 1.45 bits per heavy atom. The fourth-order valence-corrected chi connectivity index (χ4v) is 7.52. The predicted octanol–water partition coefficient (Wildman–Crippen LogP) is 8.53. The van der Waals surface area contributed by atoms with Crippen molar-refractivity contribution in [1.82, 2.24) is 31.9 Å². The largest absolute Gasteiger partial charge is 0.354 e. The van der Waals surface area contributed by atoms with E-state index in [2.05, 4.69) is 167 Å². The lowest BCUT2D eigenvalue weighted by Crippen LogP contribution is -2.47. The summed E-state index contributed by atoms with van der Waals surface area (Å²) in [7, 11) is 0. The summed E-state index contributed by atoms with van der Waals surface area (Å²) in [6.07, 6.45) is 12.0. The molecule has 336 valence electrons. The zero-order valence-corrected chi connectivity index (χ0v) is 41.6. The Kier molecular flexibility index (Phi) is 28.7. The Morgan fingerprint density at radius 2 is 0.983 bits per heavy atom. The molecular weight excluding hydrogens is 978 g/mol. The quantitative estimate of drug-likeness (QED) is 0.0241. The van der Waals surface area contributed by atoms with Crippen molar-refractivity contribution in [1.29, 1.82) is 0 Å². The molecule has 3 atom stereocenters. The third-order valence-electron chi connectivity index (χ3n) is 10.4. The van der Waals surface area contributed by atoms with Crippen molar-refractivity contribution in [2.75, 3.05) is 26.2 Å². The Morgan fingerprint density at radius 1 is 0.533 bits per heavy atom. The van der Waals surface area contributed by atoms with Gasteiger partial charge in [-0.3, -0.25) is 19.2 Å². The van der Waals surface area contributed by atoms with Crippen LogP contribution >= 0.6 is 45.2 Å². The highest BCUT2D eigenvalue weighted by Gasteiger charge is 2.22. The summed E-state index contributed by atoms with van der Waals surface area (Å²) >= 11 is 4.58. The van der Waals surface area contributed by atoms with Gasteiger partial charge in [0.2, 0.25) is 23.6 Å². The molecule has 0 aliphatic heterocycles. The molecule has 0 spiro atoms. The molecule has 0 aliphatic rings. The second-order valence-electron chi connectivity index (χ2n) is 17.0. The molecule has 60 heavy (non-hydrogen) atoms. The van der Waals surface area contributed by atoms with Crippen LogP contribution in [-0.2, 0) is 32.0 Å². The normalized spacial score (nSPS) is 12.8. The Labute approximate surface area is 389 Å². The molecule has 0 radical (unpaired) electrons. The van der Waals surface area contributed by atoms with E-state index in [1.54, 1.807) is 0 Å². The van der Waals surface area contributed by atoms with Crippen LogP contribution in [0.15, 0.2) is 60.7 Å². The van der Waals surface area contributed by atoms with Gasteiger partial charge in [-0.15, -0.1) is 0 Å². The molecule has 10 nitrogen and oxygen atoms in total. The first-order chi connectivity index (χ1) is 28.7. The summed E-state index contributed by atoms with van der Waals surface area (Å²) in [4.78, 5) is 52.1. The number of aryl methyl sites for hydroxylation is 2. The highest BCUT2D eigenvalue weighted by molar-refractivity contribution is 14.1. The zero-order chi connectivity index (χ0) is 44.1. The summed E-state index contributed by atoms with van der Waals surface area (Å²) in [5.41, 5.74) is 3.57. The molecule has 0 saturated heterocycles. The molecule has 0 fully saturated rings. The van der Waals surface area contributed by atoms with Crippen molar-refractivity contribution in [2.45, 2.75) is 162 Å². The second-order valence-corrected chi connectivity index (χ2v) is 19.5. The van der Waals surface area contributed by atoms with Gasteiger partial charge in [-0.05, 0) is 196 Å². The number of amides is 4. The molecule has 0 bridgehead atoms. The van der Waals surface area contributed by atoms with Crippen molar-refractivity contribution in [3.8, 4) is 0 Å². The van der Waals surface area contributed by atoms with Crippen molar-refractivity contribution in [3.05, 3.63) is 79.0 Å². The van der Waals surface area contributed by atoms with Gasteiger partial charge in [0.25, 0.3) is 0 Å². The van der Waals surface area contributed by atoms with Crippen LogP contribution in [0.2, 0.25) is 0 Å². The topological polar surface area (TPSA) is 140 Å². The zero-order valence-electron chi connectivity index (χ0n) is 37.2. The third kappa shape index (κ3) is 26.7. The van der Waals surface area contributed by atoms with E-state index in [4.69, 9.17) is 0 Å². The highest BCUT2D eigenvalue weighted by Crippen LogP contribution is 2.14. The average Bonchev–Trinajstić information content (AvgIpc) is 3.20. The van der Waals surface area contributed by atoms with Gasteiger partial charge in [0, 0.05) is 45.2 Å². The standard InChI is InChI=1S/C48H76I2N6O4/c1-35(2)13-9-33-53-47(59)44(56-46(58)20-8-16-40-25-29-42(50)30-26-40)18-12-32-52-38(6)22-21-37(5)14-10-34-54-48(60)43(17-11-31-51-36(3)4)55-45(57)19-7-15-39-23-27-41(49)28-24-39/h23-30,35-36,38,43-44,51-52H,5,7-22,31-34H2,1-4,6H3,(H,53,59)(H,54,60)(H,55,57)(H,56,58)/t38?,43-,44+/m0/s1. The first kappa shape index (κ1) is 53.6. The minimum Gasteiger partial charge on any atom is -0.354 e. The van der Waals surface area contributed by atoms with Gasteiger partial charge in [-0.1, -0.05) is 64.1 Å². The van der Waals surface area contributed by atoms with Gasteiger partial charge in [0.05, 0.1) is 0 Å². The fraction of sp³-hybridized carbons (Fsp3) is 0.625. The van der Waals surface area contributed by atoms with Crippen LogP contribution in [0.5, 0.6) is 0 Å². The minimum absolute atomic E-state index is 0.0801. The molecule has 0 aromatic heterocycles. The first-order valence-corrected chi connectivity index (χ1v) is 24.6. The maximum atomic E-state index is 13.2. The number of carbonyl (C=O) groups is 4. The van der Waals surface area contributed by atoms with Crippen molar-refractivity contribution in [3.63, 3.8) is 0 Å². The lowest BCUT2D eigenvalue weighted by Gasteiger charge is -2.20. The molecular formula is C48H76I2N6O4. The third-order valence-corrected chi connectivity index (χ3v) is 11.9. The number of nitrogens with one attached hydrogen (secondary N) is 6. The van der Waals surface area contributed by atoms with Crippen molar-refractivity contribution < 1.29 is 19.2 Å². The van der Waals surface area contributed by atoms with Gasteiger partial charge in [0.15, 0.2) is 0 Å². The van der Waals surface area contributed by atoms with Crippen molar-refractivity contribution >= 4 is 68.8 Å². The number of benzene rings is 2. The minimum atomic E-state index is -0.551. The van der Waals surface area contributed by atoms with E-state index in [9.17, 15) is 19.2 Å². The number of hydrogen-bond donors (Lipinski definition) is 6. The van der Waals surface area contributed by atoms with Crippen LogP contribution < -0.4 is 31.9 Å². The summed E-state index contributed by atoms with van der Waals surface area (Å²) in [5, 5.41) is 19.1. The van der Waals surface area contributed by atoms with Crippen molar-refractivity contribution in [2.24, 2.45) is 5.92 Å². The molecule has 0 aliphatic carbocycles. The summed E-state index contributed by atoms with van der Waals surface area (Å²) in [6.45, 7) is 17.7. The summed E-state index contributed by atoms with van der Waals surface area (Å²) in [6, 6.07) is 16.3. The maximum Gasteiger partial charge on any atom is 0.242 e. The smallest absolute Gasteiger partial charge is 0.242 e. The molecule has 2 aromatic rings. The molecule has 1 unspecified atom stereocenters. The van der Waals surface area contributed by atoms with Crippen LogP contribution in [0.4, 0.5) is 0 Å². The maximum absolute atomic E-state index is 13.2. The molecule has 2 rings (SSSR count). The van der Waals surface area contributed by atoms with E-state index < -0.39 is 12.1 Å².